The van der Waals surface area contributed by atoms with Crippen LogP contribution >= 0.6 is 0 Å². The largest absolute Gasteiger partial charge is 0.465 e. The van der Waals surface area contributed by atoms with Crippen molar-refractivity contribution in [2.75, 3.05) is 6.61 Å². The van der Waals surface area contributed by atoms with Gasteiger partial charge in [0.05, 0.1) is 13.2 Å². The molecule has 0 aliphatic heterocycles. The van der Waals surface area contributed by atoms with Gasteiger partial charge in [-0.3, -0.25) is 4.79 Å². The lowest BCUT2D eigenvalue weighted by atomic mass is 9.73. The summed E-state index contributed by atoms with van der Waals surface area (Å²) in [5.41, 5.74) is -0.413. The fourth-order valence-corrected chi connectivity index (χ4v) is 2.20. The van der Waals surface area contributed by atoms with Crippen molar-refractivity contribution in [3.63, 3.8) is 0 Å². The number of aromatic nitrogens is 1. The SMILES string of the molecule is CCOC(=O)C(CC)(c1cc(CO)no1)C(C)C. The first-order valence-electron chi connectivity index (χ1n) is 6.27. The smallest absolute Gasteiger partial charge is 0.320 e. The molecule has 1 rings (SSSR count). The fraction of sp³-hybridized carbons (Fsp3) is 0.692. The Morgan fingerprint density at radius 1 is 1.56 bits per heavy atom. The van der Waals surface area contributed by atoms with Gasteiger partial charge < -0.3 is 14.4 Å². The van der Waals surface area contributed by atoms with Crippen LogP contribution in [0.1, 0.15) is 45.6 Å². The molecule has 0 radical (unpaired) electrons. The predicted molar refractivity (Wildman–Crippen MR) is 65.9 cm³/mol. The number of carbonyl (C=O) groups is 1. The van der Waals surface area contributed by atoms with E-state index < -0.39 is 5.41 Å². The van der Waals surface area contributed by atoms with Gasteiger partial charge in [-0.15, -0.1) is 0 Å². The number of hydrogen-bond acceptors (Lipinski definition) is 5. The number of nitrogens with zero attached hydrogens (tertiary/aromatic N) is 1. The molecule has 1 atom stereocenters. The van der Waals surface area contributed by atoms with Crippen LogP contribution < -0.4 is 0 Å². The average Bonchev–Trinajstić information content (AvgIpc) is 2.79. The van der Waals surface area contributed by atoms with E-state index in [1.807, 2.05) is 20.8 Å². The molecule has 0 fully saturated rings. The lowest BCUT2D eigenvalue weighted by molar-refractivity contribution is -0.153. The van der Waals surface area contributed by atoms with Crippen molar-refractivity contribution in [2.24, 2.45) is 5.92 Å². The highest BCUT2D eigenvalue weighted by Crippen LogP contribution is 2.37. The zero-order valence-electron chi connectivity index (χ0n) is 11.4. The molecular weight excluding hydrogens is 234 g/mol. The first-order chi connectivity index (χ1) is 8.52. The summed E-state index contributed by atoms with van der Waals surface area (Å²) in [5, 5.41) is 12.8. The average molecular weight is 255 g/mol. The molecule has 0 saturated carbocycles. The molecule has 0 amide bonds. The van der Waals surface area contributed by atoms with Crippen molar-refractivity contribution >= 4 is 5.97 Å². The topological polar surface area (TPSA) is 72.6 Å². The minimum atomic E-state index is -0.837. The third-order valence-electron chi connectivity index (χ3n) is 3.34. The van der Waals surface area contributed by atoms with Gasteiger partial charge in [0.1, 0.15) is 11.1 Å². The number of aliphatic hydroxyl groups is 1. The molecule has 1 heterocycles. The van der Waals surface area contributed by atoms with Crippen LogP contribution in [0.5, 0.6) is 0 Å². The van der Waals surface area contributed by atoms with E-state index in [1.54, 1.807) is 13.0 Å². The van der Waals surface area contributed by atoms with E-state index in [9.17, 15) is 4.79 Å². The van der Waals surface area contributed by atoms with Gasteiger partial charge in [-0.05, 0) is 19.3 Å². The second-order valence-electron chi connectivity index (χ2n) is 4.54. The molecule has 1 unspecified atom stereocenters. The maximum absolute atomic E-state index is 12.3. The monoisotopic (exact) mass is 255 g/mol. The van der Waals surface area contributed by atoms with Crippen molar-refractivity contribution < 1.29 is 19.2 Å². The minimum Gasteiger partial charge on any atom is -0.465 e. The van der Waals surface area contributed by atoms with Gasteiger partial charge >= 0.3 is 5.97 Å². The van der Waals surface area contributed by atoms with Gasteiger partial charge in [-0.1, -0.05) is 25.9 Å². The first kappa shape index (κ1) is 14.7. The summed E-state index contributed by atoms with van der Waals surface area (Å²) in [6, 6.07) is 1.63. The lowest BCUT2D eigenvalue weighted by Gasteiger charge is -2.31. The Balaban J connectivity index is 3.22. The van der Waals surface area contributed by atoms with E-state index in [0.29, 0.717) is 24.5 Å². The summed E-state index contributed by atoms with van der Waals surface area (Å²) in [7, 11) is 0. The molecule has 102 valence electrons. The molecule has 0 aromatic carbocycles. The third kappa shape index (κ3) is 2.41. The van der Waals surface area contributed by atoms with Gasteiger partial charge in [0, 0.05) is 6.07 Å². The van der Waals surface area contributed by atoms with E-state index in [0.717, 1.165) is 0 Å². The number of carbonyl (C=O) groups excluding carboxylic acids is 1. The van der Waals surface area contributed by atoms with E-state index in [2.05, 4.69) is 5.16 Å². The van der Waals surface area contributed by atoms with Gasteiger partial charge in [0.2, 0.25) is 0 Å². The molecule has 1 N–H and O–H groups in total. The minimum absolute atomic E-state index is 0.0149. The van der Waals surface area contributed by atoms with E-state index >= 15 is 0 Å². The van der Waals surface area contributed by atoms with Crippen molar-refractivity contribution in [1.82, 2.24) is 5.16 Å². The second-order valence-corrected chi connectivity index (χ2v) is 4.54. The van der Waals surface area contributed by atoms with Crippen LogP contribution in [0.2, 0.25) is 0 Å². The fourth-order valence-electron chi connectivity index (χ4n) is 2.20. The summed E-state index contributed by atoms with van der Waals surface area (Å²) in [5.74, 6) is 0.173. The number of esters is 1. The molecule has 0 spiro atoms. The van der Waals surface area contributed by atoms with Gasteiger partial charge in [0.25, 0.3) is 0 Å². The highest BCUT2D eigenvalue weighted by atomic mass is 16.5. The Morgan fingerprint density at radius 2 is 2.22 bits per heavy atom. The molecule has 0 saturated heterocycles. The summed E-state index contributed by atoms with van der Waals surface area (Å²) in [6.07, 6.45) is 0.559. The zero-order valence-corrected chi connectivity index (χ0v) is 11.4. The third-order valence-corrected chi connectivity index (χ3v) is 3.34. The number of ether oxygens (including phenoxy) is 1. The highest BCUT2D eigenvalue weighted by molar-refractivity contribution is 5.82. The normalized spacial score (nSPS) is 14.6. The first-order valence-corrected chi connectivity index (χ1v) is 6.27. The molecule has 1 aromatic rings. The van der Waals surface area contributed by atoms with Crippen molar-refractivity contribution in [3.8, 4) is 0 Å². The number of aliphatic hydroxyl groups excluding tert-OH is 1. The van der Waals surface area contributed by atoms with Crippen LogP contribution in [0.3, 0.4) is 0 Å². The van der Waals surface area contributed by atoms with Crippen LogP contribution in [-0.2, 0) is 21.6 Å². The molecular formula is C13H21NO4. The Labute approximate surface area is 107 Å². The van der Waals surface area contributed by atoms with Crippen molar-refractivity contribution in [2.45, 2.75) is 46.1 Å². The summed E-state index contributed by atoms with van der Waals surface area (Å²) in [6.45, 7) is 7.71. The molecule has 5 heteroatoms. The van der Waals surface area contributed by atoms with Crippen LogP contribution in [0.4, 0.5) is 0 Å². The van der Waals surface area contributed by atoms with E-state index in [1.165, 1.54) is 0 Å². The summed E-state index contributed by atoms with van der Waals surface area (Å²) < 4.78 is 10.4. The number of rotatable bonds is 6. The maximum Gasteiger partial charge on any atom is 0.320 e. The molecule has 0 aliphatic carbocycles. The summed E-state index contributed by atoms with van der Waals surface area (Å²) >= 11 is 0. The van der Waals surface area contributed by atoms with Crippen LogP contribution in [-0.4, -0.2) is 22.8 Å². The Hall–Kier alpha value is -1.36. The molecule has 5 nitrogen and oxygen atoms in total. The predicted octanol–water partition coefficient (Wildman–Crippen LogP) is 2.03. The molecule has 0 bridgehead atoms. The van der Waals surface area contributed by atoms with Crippen LogP contribution in [0, 0.1) is 5.92 Å². The number of hydrogen-bond donors (Lipinski definition) is 1. The summed E-state index contributed by atoms with van der Waals surface area (Å²) in [4.78, 5) is 12.3. The van der Waals surface area contributed by atoms with Crippen LogP contribution in [0.15, 0.2) is 10.6 Å². The molecule has 1 aromatic heterocycles. The highest BCUT2D eigenvalue weighted by Gasteiger charge is 2.46. The van der Waals surface area contributed by atoms with Gasteiger partial charge in [-0.2, -0.15) is 0 Å². The Morgan fingerprint density at radius 3 is 2.61 bits per heavy atom. The van der Waals surface area contributed by atoms with E-state index in [4.69, 9.17) is 14.4 Å². The van der Waals surface area contributed by atoms with E-state index in [-0.39, 0.29) is 18.5 Å². The maximum atomic E-state index is 12.3. The van der Waals surface area contributed by atoms with Gasteiger partial charge in [-0.25, -0.2) is 0 Å². The molecule has 18 heavy (non-hydrogen) atoms. The van der Waals surface area contributed by atoms with Crippen molar-refractivity contribution in [3.05, 3.63) is 17.5 Å². The zero-order chi connectivity index (χ0) is 13.8. The van der Waals surface area contributed by atoms with Gasteiger partial charge in [0.15, 0.2) is 5.76 Å². The quantitative estimate of drug-likeness (QED) is 0.787. The van der Waals surface area contributed by atoms with Crippen molar-refractivity contribution in [1.29, 1.82) is 0 Å². The Kier molecular flexibility index (Phi) is 4.90. The standard InChI is InChI=1S/C13H21NO4/c1-5-13(9(3)4,12(16)17-6-2)11-7-10(8-15)14-18-11/h7,9,15H,5-6,8H2,1-4H3. The second kappa shape index (κ2) is 6.00. The lowest BCUT2D eigenvalue weighted by Crippen LogP contribution is -2.41. The molecule has 0 aliphatic rings. The Bertz CT molecular complexity index is 399. The van der Waals surface area contributed by atoms with Crippen LogP contribution in [0.25, 0.3) is 0 Å².